The maximum Gasteiger partial charge on any atom is 0.303 e. The monoisotopic (exact) mass is 187 g/mol. The first-order valence-corrected chi connectivity index (χ1v) is 4.70. The third-order valence-corrected chi connectivity index (χ3v) is 2.36. The highest BCUT2D eigenvalue weighted by molar-refractivity contribution is 5.67. The van der Waals surface area contributed by atoms with Crippen LogP contribution in [0.2, 0.25) is 0 Å². The molecular weight excluding hydrogens is 170 g/mol. The molecular formula is C9H17NO3. The number of rotatable bonds is 5. The number of aliphatic hydroxyl groups excluding tert-OH is 1. The molecule has 1 fully saturated rings. The summed E-state index contributed by atoms with van der Waals surface area (Å²) in [5.74, 6) is -0.383. The van der Waals surface area contributed by atoms with Gasteiger partial charge in [-0.25, -0.2) is 0 Å². The van der Waals surface area contributed by atoms with Crippen LogP contribution in [0.15, 0.2) is 0 Å². The Morgan fingerprint density at radius 1 is 1.62 bits per heavy atom. The van der Waals surface area contributed by atoms with E-state index >= 15 is 0 Å². The van der Waals surface area contributed by atoms with Crippen molar-refractivity contribution in [1.82, 2.24) is 4.90 Å². The molecule has 1 heterocycles. The minimum absolute atomic E-state index is 0.251. The predicted molar refractivity (Wildman–Crippen MR) is 48.5 cm³/mol. The fourth-order valence-electron chi connectivity index (χ4n) is 1.60. The van der Waals surface area contributed by atoms with Crippen LogP contribution in [0, 0.1) is 5.92 Å². The molecule has 0 amide bonds. The van der Waals surface area contributed by atoms with E-state index < -0.39 is 5.97 Å². The zero-order valence-electron chi connectivity index (χ0n) is 7.94. The number of likely N-dealkylation sites (tertiary alicyclic amines) is 1. The fourth-order valence-corrected chi connectivity index (χ4v) is 1.60. The van der Waals surface area contributed by atoms with E-state index in [1.54, 1.807) is 6.92 Å². The summed E-state index contributed by atoms with van der Waals surface area (Å²) in [6.45, 7) is 4.40. The smallest absolute Gasteiger partial charge is 0.303 e. The number of carbonyl (C=O) groups is 1. The van der Waals surface area contributed by atoms with Crippen LogP contribution in [0.1, 0.15) is 19.8 Å². The molecule has 0 spiro atoms. The minimum atomic E-state index is -0.708. The van der Waals surface area contributed by atoms with Crippen molar-refractivity contribution in [1.29, 1.82) is 0 Å². The summed E-state index contributed by atoms with van der Waals surface area (Å²) in [6.07, 6.45) is 0.809. The number of aliphatic hydroxyl groups is 1. The second-order valence-electron chi connectivity index (χ2n) is 3.86. The zero-order valence-corrected chi connectivity index (χ0v) is 7.94. The Balaban J connectivity index is 2.02. The van der Waals surface area contributed by atoms with E-state index in [0.29, 0.717) is 5.92 Å². The molecule has 1 atom stereocenters. The first-order chi connectivity index (χ1) is 6.08. The van der Waals surface area contributed by atoms with Crippen LogP contribution in [0.4, 0.5) is 0 Å². The van der Waals surface area contributed by atoms with E-state index in [4.69, 9.17) is 10.2 Å². The van der Waals surface area contributed by atoms with E-state index in [-0.39, 0.29) is 12.5 Å². The molecule has 1 unspecified atom stereocenters. The van der Waals surface area contributed by atoms with E-state index in [2.05, 4.69) is 4.90 Å². The van der Waals surface area contributed by atoms with Crippen LogP contribution in [-0.2, 0) is 4.79 Å². The Morgan fingerprint density at radius 3 is 2.69 bits per heavy atom. The summed E-state index contributed by atoms with van der Waals surface area (Å²) < 4.78 is 0. The molecule has 0 aromatic heterocycles. The van der Waals surface area contributed by atoms with Crippen LogP contribution < -0.4 is 0 Å². The maximum atomic E-state index is 10.3. The van der Waals surface area contributed by atoms with Gasteiger partial charge < -0.3 is 15.1 Å². The van der Waals surface area contributed by atoms with Gasteiger partial charge in [-0.2, -0.15) is 0 Å². The molecule has 0 saturated carbocycles. The van der Waals surface area contributed by atoms with Gasteiger partial charge in [0.1, 0.15) is 0 Å². The number of aliphatic carboxylic acids is 1. The quantitative estimate of drug-likeness (QED) is 0.644. The molecule has 2 N–H and O–H groups in total. The average Bonchev–Trinajstić information content (AvgIpc) is 1.92. The van der Waals surface area contributed by atoms with Crippen LogP contribution in [0.3, 0.4) is 0 Å². The van der Waals surface area contributed by atoms with Crippen molar-refractivity contribution in [2.24, 2.45) is 5.92 Å². The van der Waals surface area contributed by atoms with Crippen molar-refractivity contribution < 1.29 is 15.0 Å². The molecule has 0 bridgehead atoms. The topological polar surface area (TPSA) is 60.8 Å². The van der Waals surface area contributed by atoms with Gasteiger partial charge in [0.15, 0.2) is 0 Å². The largest absolute Gasteiger partial charge is 0.481 e. The molecule has 0 aromatic carbocycles. The van der Waals surface area contributed by atoms with Crippen LogP contribution in [0.5, 0.6) is 0 Å². The van der Waals surface area contributed by atoms with Gasteiger partial charge in [-0.1, -0.05) is 0 Å². The lowest BCUT2D eigenvalue weighted by molar-refractivity contribution is -0.139. The number of nitrogens with zero attached hydrogens (tertiary/aromatic N) is 1. The van der Waals surface area contributed by atoms with Crippen molar-refractivity contribution in [3.8, 4) is 0 Å². The first-order valence-electron chi connectivity index (χ1n) is 4.70. The van der Waals surface area contributed by atoms with Crippen LogP contribution in [0.25, 0.3) is 0 Å². The third-order valence-electron chi connectivity index (χ3n) is 2.36. The van der Waals surface area contributed by atoms with Crippen molar-refractivity contribution in [3.63, 3.8) is 0 Å². The molecule has 1 rings (SSSR count). The lowest BCUT2D eigenvalue weighted by atomic mass is 9.96. The van der Waals surface area contributed by atoms with E-state index in [1.807, 2.05) is 0 Å². The molecule has 4 nitrogen and oxygen atoms in total. The summed E-state index contributed by atoms with van der Waals surface area (Å²) in [7, 11) is 0. The Bertz CT molecular complexity index is 176. The molecule has 1 aliphatic heterocycles. The first kappa shape index (κ1) is 10.5. The Hall–Kier alpha value is -0.610. The molecule has 76 valence electrons. The molecule has 4 heteroatoms. The highest BCUT2D eigenvalue weighted by atomic mass is 16.4. The Labute approximate surface area is 78.2 Å². The van der Waals surface area contributed by atoms with E-state index in [1.165, 1.54) is 0 Å². The molecule has 0 aromatic rings. The SMILES string of the molecule is CC(O)CCN1CC(CC(=O)O)C1. The zero-order chi connectivity index (χ0) is 9.84. The van der Waals surface area contributed by atoms with Crippen LogP contribution in [-0.4, -0.2) is 46.8 Å². The average molecular weight is 187 g/mol. The van der Waals surface area contributed by atoms with Gasteiger partial charge in [0, 0.05) is 19.6 Å². The summed E-state index contributed by atoms with van der Waals surface area (Å²) in [5, 5.41) is 17.5. The number of hydrogen-bond acceptors (Lipinski definition) is 3. The number of hydrogen-bond donors (Lipinski definition) is 2. The second-order valence-corrected chi connectivity index (χ2v) is 3.86. The summed E-state index contributed by atoms with van der Waals surface area (Å²) >= 11 is 0. The minimum Gasteiger partial charge on any atom is -0.481 e. The highest BCUT2D eigenvalue weighted by Crippen LogP contribution is 2.19. The lowest BCUT2D eigenvalue weighted by Gasteiger charge is -2.38. The van der Waals surface area contributed by atoms with Crippen molar-refractivity contribution in [2.45, 2.75) is 25.9 Å². The predicted octanol–water partition coefficient (Wildman–Crippen LogP) is 0.164. The number of carboxylic acid groups (broad SMARTS) is 1. The van der Waals surface area contributed by atoms with Crippen molar-refractivity contribution >= 4 is 5.97 Å². The van der Waals surface area contributed by atoms with E-state index in [0.717, 1.165) is 26.1 Å². The van der Waals surface area contributed by atoms with Gasteiger partial charge in [-0.3, -0.25) is 4.79 Å². The fraction of sp³-hybridized carbons (Fsp3) is 0.889. The molecule has 0 radical (unpaired) electrons. The molecule has 0 aliphatic carbocycles. The molecule has 13 heavy (non-hydrogen) atoms. The maximum absolute atomic E-state index is 10.3. The van der Waals surface area contributed by atoms with Gasteiger partial charge in [0.25, 0.3) is 0 Å². The summed E-state index contributed by atoms with van der Waals surface area (Å²) in [5.41, 5.74) is 0. The van der Waals surface area contributed by atoms with Gasteiger partial charge >= 0.3 is 5.97 Å². The van der Waals surface area contributed by atoms with E-state index in [9.17, 15) is 4.79 Å². The summed E-state index contributed by atoms with van der Waals surface area (Å²) in [4.78, 5) is 12.5. The highest BCUT2D eigenvalue weighted by Gasteiger charge is 2.27. The van der Waals surface area contributed by atoms with Crippen LogP contribution >= 0.6 is 0 Å². The third kappa shape index (κ3) is 3.74. The standard InChI is InChI=1S/C9H17NO3/c1-7(11)2-3-10-5-8(6-10)4-9(12)13/h7-8,11H,2-6H2,1H3,(H,12,13). The number of carboxylic acids is 1. The normalized spacial score (nSPS) is 21.1. The molecule has 1 aliphatic rings. The summed E-state index contributed by atoms with van der Waals surface area (Å²) in [6, 6.07) is 0. The van der Waals surface area contributed by atoms with Gasteiger partial charge in [0.2, 0.25) is 0 Å². The van der Waals surface area contributed by atoms with Crippen molar-refractivity contribution in [2.75, 3.05) is 19.6 Å². The van der Waals surface area contributed by atoms with Gasteiger partial charge in [-0.05, 0) is 19.3 Å². The Morgan fingerprint density at radius 2 is 2.23 bits per heavy atom. The Kier molecular flexibility index (Phi) is 3.69. The van der Waals surface area contributed by atoms with Gasteiger partial charge in [-0.15, -0.1) is 0 Å². The van der Waals surface area contributed by atoms with Crippen molar-refractivity contribution in [3.05, 3.63) is 0 Å². The van der Waals surface area contributed by atoms with Gasteiger partial charge in [0.05, 0.1) is 12.5 Å². The lowest BCUT2D eigenvalue weighted by Crippen LogP contribution is -2.48. The second kappa shape index (κ2) is 4.58. The molecule has 1 saturated heterocycles.